The number of nitrogens with one attached hydrogen (secondary N) is 1. The molecule has 0 saturated carbocycles. The molecule has 0 fully saturated rings. The molecule has 7 heteroatoms. The first-order valence-electron chi connectivity index (χ1n) is 7.09. The van der Waals surface area contributed by atoms with Crippen molar-refractivity contribution < 1.29 is 23.1 Å². The molecular formula is C17H15ClFNO4. The van der Waals surface area contributed by atoms with Crippen LogP contribution in [0, 0.1) is 5.82 Å². The average molecular weight is 352 g/mol. The Morgan fingerprint density at radius 2 is 2.17 bits per heavy atom. The molecule has 0 unspecified atom stereocenters. The Kier molecular flexibility index (Phi) is 6.14. The number of halogens is 2. The van der Waals surface area contributed by atoms with Gasteiger partial charge in [-0.1, -0.05) is 17.7 Å². The quantitative estimate of drug-likeness (QED) is 0.638. The summed E-state index contributed by atoms with van der Waals surface area (Å²) in [5.74, 6) is -1.24. The molecule has 126 valence electrons. The fourth-order valence-electron chi connectivity index (χ4n) is 1.90. The van der Waals surface area contributed by atoms with E-state index < -0.39 is 24.3 Å². The van der Waals surface area contributed by atoms with E-state index in [9.17, 15) is 14.0 Å². The molecule has 0 bridgehead atoms. The normalized spacial score (nSPS) is 12.1. The van der Waals surface area contributed by atoms with Crippen molar-refractivity contribution >= 4 is 29.6 Å². The highest BCUT2D eigenvalue weighted by Crippen LogP contribution is 2.20. The summed E-state index contributed by atoms with van der Waals surface area (Å²) < 4.78 is 23.5. The molecule has 1 aromatic carbocycles. The number of benzene rings is 1. The number of hydrogen-bond acceptors (Lipinski definition) is 4. The van der Waals surface area contributed by atoms with Crippen LogP contribution in [0.25, 0.3) is 6.08 Å². The maximum atomic E-state index is 13.5. The molecule has 0 saturated heterocycles. The summed E-state index contributed by atoms with van der Waals surface area (Å²) in [5.41, 5.74) is 0.0759. The third-order valence-electron chi connectivity index (χ3n) is 3.08. The number of rotatable bonds is 6. The Morgan fingerprint density at radius 3 is 2.83 bits per heavy atom. The number of carbonyl (C=O) groups is 2. The fraction of sp³-hybridized carbons (Fsp3) is 0.176. The SMILES string of the molecule is C[C@H](NC(=O)COC(=O)/C=C/c1c(F)cccc1Cl)c1ccco1. The lowest BCUT2D eigenvalue weighted by molar-refractivity contribution is -0.144. The van der Waals surface area contributed by atoms with Crippen LogP contribution in [0.4, 0.5) is 4.39 Å². The molecule has 0 aliphatic carbocycles. The van der Waals surface area contributed by atoms with Crippen LogP contribution in [-0.4, -0.2) is 18.5 Å². The summed E-state index contributed by atoms with van der Waals surface area (Å²) in [6.45, 7) is 1.28. The second-order valence-electron chi connectivity index (χ2n) is 4.88. The first kappa shape index (κ1) is 17.7. The van der Waals surface area contributed by atoms with Gasteiger partial charge in [-0.25, -0.2) is 9.18 Å². The molecule has 0 radical (unpaired) electrons. The van der Waals surface area contributed by atoms with Crippen LogP contribution in [0.3, 0.4) is 0 Å². The van der Waals surface area contributed by atoms with Crippen molar-refractivity contribution in [2.75, 3.05) is 6.61 Å². The zero-order valence-corrected chi connectivity index (χ0v) is 13.5. The van der Waals surface area contributed by atoms with E-state index in [0.29, 0.717) is 5.76 Å². The Labute approximate surface area is 143 Å². The highest BCUT2D eigenvalue weighted by molar-refractivity contribution is 6.32. The van der Waals surface area contributed by atoms with E-state index in [1.165, 1.54) is 30.5 Å². The monoisotopic (exact) mass is 351 g/mol. The van der Waals surface area contributed by atoms with Crippen LogP contribution in [0.15, 0.2) is 47.1 Å². The van der Waals surface area contributed by atoms with Crippen LogP contribution in [-0.2, 0) is 14.3 Å². The maximum absolute atomic E-state index is 13.5. The second-order valence-corrected chi connectivity index (χ2v) is 5.29. The van der Waals surface area contributed by atoms with Gasteiger partial charge in [0, 0.05) is 11.6 Å². The van der Waals surface area contributed by atoms with E-state index in [4.69, 9.17) is 20.8 Å². The minimum Gasteiger partial charge on any atom is -0.467 e. The smallest absolute Gasteiger partial charge is 0.331 e. The molecule has 1 atom stereocenters. The zero-order valence-electron chi connectivity index (χ0n) is 12.8. The van der Waals surface area contributed by atoms with Gasteiger partial charge in [-0.3, -0.25) is 4.79 Å². The summed E-state index contributed by atoms with van der Waals surface area (Å²) in [6, 6.07) is 7.25. The summed E-state index contributed by atoms with van der Waals surface area (Å²) in [5, 5.41) is 2.78. The molecule has 0 aliphatic heterocycles. The molecule has 24 heavy (non-hydrogen) atoms. The van der Waals surface area contributed by atoms with Gasteiger partial charge in [0.2, 0.25) is 0 Å². The standard InChI is InChI=1S/C17H15ClFNO4/c1-11(15-6-3-9-23-15)20-16(21)10-24-17(22)8-7-12-13(18)4-2-5-14(12)19/h2-9,11H,10H2,1H3,(H,20,21)/b8-7+/t11-/m0/s1. The van der Waals surface area contributed by atoms with Gasteiger partial charge < -0.3 is 14.5 Å². The number of hydrogen-bond donors (Lipinski definition) is 1. The zero-order chi connectivity index (χ0) is 17.5. The van der Waals surface area contributed by atoms with Gasteiger partial charge in [-0.2, -0.15) is 0 Å². The molecule has 5 nitrogen and oxygen atoms in total. The van der Waals surface area contributed by atoms with Crippen molar-refractivity contribution in [2.45, 2.75) is 13.0 Å². The first-order valence-corrected chi connectivity index (χ1v) is 7.47. The van der Waals surface area contributed by atoms with Crippen molar-refractivity contribution in [1.82, 2.24) is 5.32 Å². The van der Waals surface area contributed by atoms with Gasteiger partial charge in [0.15, 0.2) is 6.61 Å². The van der Waals surface area contributed by atoms with Crippen LogP contribution < -0.4 is 5.32 Å². The van der Waals surface area contributed by atoms with Crippen molar-refractivity contribution in [3.63, 3.8) is 0 Å². The highest BCUT2D eigenvalue weighted by Gasteiger charge is 2.13. The van der Waals surface area contributed by atoms with Gasteiger partial charge in [0.05, 0.1) is 17.3 Å². The van der Waals surface area contributed by atoms with E-state index in [2.05, 4.69) is 5.32 Å². The lowest BCUT2D eigenvalue weighted by atomic mass is 10.2. The van der Waals surface area contributed by atoms with Crippen molar-refractivity contribution in [3.05, 3.63) is 64.8 Å². The Hall–Kier alpha value is -2.60. The topological polar surface area (TPSA) is 68.5 Å². The average Bonchev–Trinajstić information content (AvgIpc) is 3.07. The van der Waals surface area contributed by atoms with Gasteiger partial charge in [0.1, 0.15) is 11.6 Å². The van der Waals surface area contributed by atoms with Gasteiger partial charge >= 0.3 is 5.97 Å². The summed E-state index contributed by atoms with van der Waals surface area (Å²) in [6.07, 6.45) is 3.70. The molecule has 1 aromatic heterocycles. The Morgan fingerprint density at radius 1 is 1.38 bits per heavy atom. The Balaban J connectivity index is 1.82. The van der Waals surface area contributed by atoms with E-state index in [0.717, 1.165) is 6.08 Å². The van der Waals surface area contributed by atoms with Crippen LogP contribution in [0.5, 0.6) is 0 Å². The molecule has 1 amide bonds. The van der Waals surface area contributed by atoms with E-state index in [-0.39, 0.29) is 16.6 Å². The number of furan rings is 1. The second kappa shape index (κ2) is 8.31. The number of amides is 1. The van der Waals surface area contributed by atoms with E-state index >= 15 is 0 Å². The molecule has 2 aromatic rings. The van der Waals surface area contributed by atoms with Gasteiger partial charge in [0.25, 0.3) is 5.91 Å². The van der Waals surface area contributed by atoms with Crippen LogP contribution in [0.1, 0.15) is 24.3 Å². The summed E-state index contributed by atoms with van der Waals surface area (Å²) in [4.78, 5) is 23.3. The predicted octanol–water partition coefficient (Wildman–Crippen LogP) is 3.51. The third-order valence-corrected chi connectivity index (χ3v) is 3.41. The van der Waals surface area contributed by atoms with E-state index in [1.54, 1.807) is 19.1 Å². The molecular weight excluding hydrogens is 337 g/mol. The lowest BCUT2D eigenvalue weighted by Crippen LogP contribution is -2.30. The molecule has 0 aliphatic rings. The summed E-state index contributed by atoms with van der Waals surface area (Å²) in [7, 11) is 0. The number of ether oxygens (including phenoxy) is 1. The molecule has 1 N–H and O–H groups in total. The first-order chi connectivity index (χ1) is 11.5. The molecule has 2 rings (SSSR count). The maximum Gasteiger partial charge on any atom is 0.331 e. The highest BCUT2D eigenvalue weighted by atomic mass is 35.5. The fourth-order valence-corrected chi connectivity index (χ4v) is 2.12. The minimum absolute atomic E-state index is 0.0759. The number of esters is 1. The van der Waals surface area contributed by atoms with Gasteiger partial charge in [-0.15, -0.1) is 0 Å². The van der Waals surface area contributed by atoms with Crippen molar-refractivity contribution in [1.29, 1.82) is 0 Å². The third kappa shape index (κ3) is 4.96. The summed E-state index contributed by atoms with van der Waals surface area (Å²) >= 11 is 5.83. The van der Waals surface area contributed by atoms with Gasteiger partial charge in [-0.05, 0) is 37.3 Å². The lowest BCUT2D eigenvalue weighted by Gasteiger charge is -2.11. The van der Waals surface area contributed by atoms with Crippen LogP contribution >= 0.6 is 11.6 Å². The van der Waals surface area contributed by atoms with E-state index in [1.807, 2.05) is 0 Å². The Bertz CT molecular complexity index is 723. The van der Waals surface area contributed by atoms with Crippen molar-refractivity contribution in [3.8, 4) is 0 Å². The number of carbonyl (C=O) groups excluding carboxylic acids is 2. The van der Waals surface area contributed by atoms with Crippen molar-refractivity contribution in [2.24, 2.45) is 0 Å². The molecule has 1 heterocycles. The minimum atomic E-state index is -0.782. The molecule has 0 spiro atoms. The predicted molar refractivity (Wildman–Crippen MR) is 86.7 cm³/mol. The largest absolute Gasteiger partial charge is 0.467 e. The van der Waals surface area contributed by atoms with Crippen LogP contribution in [0.2, 0.25) is 5.02 Å².